The van der Waals surface area contributed by atoms with E-state index >= 15 is 0 Å². The highest BCUT2D eigenvalue weighted by Crippen LogP contribution is 2.14. The molecule has 1 aliphatic heterocycles. The van der Waals surface area contributed by atoms with Crippen LogP contribution in [0, 0.1) is 0 Å². The number of amides is 1. The van der Waals surface area contributed by atoms with Crippen LogP contribution in [-0.4, -0.2) is 65.4 Å². The quantitative estimate of drug-likeness (QED) is 0.818. The first-order chi connectivity index (χ1) is 10.6. The minimum absolute atomic E-state index is 0.114. The molecule has 7 nitrogen and oxygen atoms in total. The number of hydrogen-bond acceptors (Lipinski definition) is 6. The second kappa shape index (κ2) is 6.55. The minimum atomic E-state index is -0.114. The lowest BCUT2D eigenvalue weighted by Crippen LogP contribution is -2.49. The van der Waals surface area contributed by atoms with Crippen LogP contribution in [-0.2, 0) is 11.3 Å². The van der Waals surface area contributed by atoms with Crippen molar-refractivity contribution in [1.82, 2.24) is 25.1 Å². The fourth-order valence-electron chi connectivity index (χ4n) is 2.55. The average Bonchev–Trinajstić information content (AvgIpc) is 2.97. The zero-order chi connectivity index (χ0) is 15.5. The third kappa shape index (κ3) is 3.34. The molecule has 2 N–H and O–H groups in total. The van der Waals surface area contributed by atoms with E-state index in [1.807, 2.05) is 28.3 Å². The number of fused-ring (bicyclic) bond motifs is 1. The first kappa shape index (κ1) is 15.1. The normalized spacial score (nSPS) is 15.6. The second-order valence-corrected chi connectivity index (χ2v) is 6.37. The number of carbonyl (C=O) groups excluding carboxylic acids is 1. The molecule has 1 amide bonds. The molecule has 0 atom stereocenters. The van der Waals surface area contributed by atoms with Crippen LogP contribution in [0.1, 0.15) is 5.82 Å². The standard InChI is InChI=1S/C14H19N5O2S/c1-18(9-12(20)19-5-3-15-4-6-19)8-11-16-10-2-7-22-13(10)14(21)17-11/h2,7,15H,3-6,8-9H2,1H3,(H,16,17,21). The van der Waals surface area contributed by atoms with Crippen LogP contribution < -0.4 is 10.9 Å². The van der Waals surface area contributed by atoms with Crippen LogP contribution in [0.4, 0.5) is 0 Å². The monoisotopic (exact) mass is 321 g/mol. The third-order valence-electron chi connectivity index (χ3n) is 3.66. The SMILES string of the molecule is CN(CC(=O)N1CCNCC1)Cc1nc2ccsc2c(=O)[nH]1. The molecule has 22 heavy (non-hydrogen) atoms. The molecule has 0 bridgehead atoms. The maximum atomic E-state index is 12.2. The number of likely N-dealkylation sites (N-methyl/N-ethyl adjacent to an activating group) is 1. The van der Waals surface area contributed by atoms with Crippen molar-refractivity contribution in [3.8, 4) is 0 Å². The van der Waals surface area contributed by atoms with E-state index in [2.05, 4.69) is 15.3 Å². The Labute approximate surface area is 131 Å². The summed E-state index contributed by atoms with van der Waals surface area (Å²) < 4.78 is 0.642. The fraction of sp³-hybridized carbons (Fsp3) is 0.500. The summed E-state index contributed by atoms with van der Waals surface area (Å²) in [5, 5.41) is 5.08. The zero-order valence-corrected chi connectivity index (χ0v) is 13.3. The van der Waals surface area contributed by atoms with Gasteiger partial charge in [0.05, 0.1) is 18.6 Å². The predicted molar refractivity (Wildman–Crippen MR) is 86.0 cm³/mol. The van der Waals surface area contributed by atoms with Gasteiger partial charge in [0.15, 0.2) is 0 Å². The van der Waals surface area contributed by atoms with Gasteiger partial charge in [0, 0.05) is 26.2 Å². The van der Waals surface area contributed by atoms with Crippen molar-refractivity contribution < 1.29 is 4.79 Å². The highest BCUT2D eigenvalue weighted by atomic mass is 32.1. The van der Waals surface area contributed by atoms with Gasteiger partial charge in [-0.3, -0.25) is 14.5 Å². The summed E-state index contributed by atoms with van der Waals surface area (Å²) in [7, 11) is 1.86. The van der Waals surface area contributed by atoms with Gasteiger partial charge < -0.3 is 15.2 Å². The van der Waals surface area contributed by atoms with Crippen molar-refractivity contribution >= 4 is 27.5 Å². The van der Waals surface area contributed by atoms with Crippen LogP contribution in [0.25, 0.3) is 10.2 Å². The van der Waals surface area contributed by atoms with Gasteiger partial charge in [-0.25, -0.2) is 4.98 Å². The largest absolute Gasteiger partial charge is 0.339 e. The molecule has 3 heterocycles. The van der Waals surface area contributed by atoms with Gasteiger partial charge in [0.1, 0.15) is 10.5 Å². The van der Waals surface area contributed by atoms with Gasteiger partial charge in [-0.1, -0.05) is 0 Å². The maximum absolute atomic E-state index is 12.2. The van der Waals surface area contributed by atoms with Crippen molar-refractivity contribution in [2.45, 2.75) is 6.54 Å². The molecule has 3 rings (SSSR count). The van der Waals surface area contributed by atoms with Gasteiger partial charge >= 0.3 is 0 Å². The summed E-state index contributed by atoms with van der Waals surface area (Å²) in [6.45, 7) is 3.97. The van der Waals surface area contributed by atoms with E-state index in [0.717, 1.165) is 26.2 Å². The Kier molecular flexibility index (Phi) is 4.51. The van der Waals surface area contributed by atoms with Crippen LogP contribution in [0.15, 0.2) is 16.2 Å². The molecule has 0 radical (unpaired) electrons. The summed E-state index contributed by atoms with van der Waals surface area (Å²) in [4.78, 5) is 35.1. The number of nitrogens with zero attached hydrogens (tertiary/aromatic N) is 3. The van der Waals surface area contributed by atoms with Crippen molar-refractivity contribution in [2.24, 2.45) is 0 Å². The maximum Gasteiger partial charge on any atom is 0.268 e. The topological polar surface area (TPSA) is 81.3 Å². The average molecular weight is 321 g/mol. The van der Waals surface area contributed by atoms with Crippen molar-refractivity contribution in [3.05, 3.63) is 27.6 Å². The molecule has 0 unspecified atom stereocenters. The number of hydrogen-bond donors (Lipinski definition) is 2. The molecule has 118 valence electrons. The molecule has 2 aromatic rings. The lowest BCUT2D eigenvalue weighted by molar-refractivity contribution is -0.132. The number of aromatic amines is 1. The number of carbonyl (C=O) groups is 1. The predicted octanol–water partition coefficient (Wildman–Crippen LogP) is -0.152. The van der Waals surface area contributed by atoms with Crippen molar-refractivity contribution in [1.29, 1.82) is 0 Å². The third-order valence-corrected chi connectivity index (χ3v) is 4.56. The Morgan fingerprint density at radius 1 is 1.45 bits per heavy atom. The first-order valence-corrected chi connectivity index (χ1v) is 8.15. The van der Waals surface area contributed by atoms with E-state index in [0.29, 0.717) is 29.1 Å². The van der Waals surface area contributed by atoms with Gasteiger partial charge in [-0.2, -0.15) is 0 Å². The van der Waals surface area contributed by atoms with Gasteiger partial charge in [-0.15, -0.1) is 11.3 Å². The molecule has 0 aromatic carbocycles. The molecular weight excluding hydrogens is 302 g/mol. The highest BCUT2D eigenvalue weighted by molar-refractivity contribution is 7.17. The lowest BCUT2D eigenvalue weighted by atomic mass is 10.3. The van der Waals surface area contributed by atoms with E-state index in [1.165, 1.54) is 11.3 Å². The highest BCUT2D eigenvalue weighted by Gasteiger charge is 2.18. The van der Waals surface area contributed by atoms with Crippen molar-refractivity contribution in [2.75, 3.05) is 39.8 Å². The Hall–Kier alpha value is -1.77. The molecule has 1 saturated heterocycles. The Morgan fingerprint density at radius 2 is 2.23 bits per heavy atom. The Morgan fingerprint density at radius 3 is 3.00 bits per heavy atom. The minimum Gasteiger partial charge on any atom is -0.339 e. The van der Waals surface area contributed by atoms with E-state index in [-0.39, 0.29) is 11.5 Å². The molecule has 1 fully saturated rings. The Bertz CT molecular complexity index is 719. The number of H-pyrrole nitrogens is 1. The lowest BCUT2D eigenvalue weighted by Gasteiger charge is -2.29. The molecule has 0 saturated carbocycles. The molecule has 0 aliphatic carbocycles. The number of aromatic nitrogens is 2. The zero-order valence-electron chi connectivity index (χ0n) is 12.5. The number of piperazine rings is 1. The number of rotatable bonds is 4. The van der Waals surface area contributed by atoms with Crippen molar-refractivity contribution in [3.63, 3.8) is 0 Å². The van der Waals surface area contributed by atoms with E-state index in [4.69, 9.17) is 0 Å². The van der Waals surface area contributed by atoms with Crippen LogP contribution in [0.2, 0.25) is 0 Å². The van der Waals surface area contributed by atoms with E-state index in [9.17, 15) is 9.59 Å². The van der Waals surface area contributed by atoms with Gasteiger partial charge in [0.25, 0.3) is 5.56 Å². The number of nitrogens with one attached hydrogen (secondary N) is 2. The molecule has 0 spiro atoms. The summed E-state index contributed by atoms with van der Waals surface area (Å²) >= 11 is 1.38. The summed E-state index contributed by atoms with van der Waals surface area (Å²) in [6, 6.07) is 1.84. The number of thiophene rings is 1. The van der Waals surface area contributed by atoms with Gasteiger partial charge in [-0.05, 0) is 18.5 Å². The molecule has 8 heteroatoms. The fourth-order valence-corrected chi connectivity index (χ4v) is 3.28. The molecule has 1 aliphatic rings. The molecule has 2 aromatic heterocycles. The summed E-state index contributed by atoms with van der Waals surface area (Å²) in [5.74, 6) is 0.703. The van der Waals surface area contributed by atoms with E-state index < -0.39 is 0 Å². The molecular formula is C14H19N5O2S. The van der Waals surface area contributed by atoms with Gasteiger partial charge in [0.2, 0.25) is 5.91 Å². The van der Waals surface area contributed by atoms with Crippen LogP contribution in [0.3, 0.4) is 0 Å². The first-order valence-electron chi connectivity index (χ1n) is 7.27. The Balaban J connectivity index is 1.63. The van der Waals surface area contributed by atoms with Crippen LogP contribution >= 0.6 is 11.3 Å². The summed E-state index contributed by atoms with van der Waals surface area (Å²) in [6.07, 6.45) is 0. The smallest absolute Gasteiger partial charge is 0.268 e. The summed E-state index contributed by atoms with van der Waals surface area (Å²) in [5.41, 5.74) is 0.599. The van der Waals surface area contributed by atoms with E-state index in [1.54, 1.807) is 0 Å². The van der Waals surface area contributed by atoms with Crippen LogP contribution in [0.5, 0.6) is 0 Å². The second-order valence-electron chi connectivity index (χ2n) is 5.45.